The van der Waals surface area contributed by atoms with Gasteiger partial charge in [0.15, 0.2) is 0 Å². The van der Waals surface area contributed by atoms with Gasteiger partial charge in [-0.15, -0.1) is 11.3 Å². The molecular formula is C18H32N2S. The quantitative estimate of drug-likeness (QED) is 0.652. The zero-order valence-electron chi connectivity index (χ0n) is 14.5. The molecule has 21 heavy (non-hydrogen) atoms. The minimum absolute atomic E-state index is 0.0725. The van der Waals surface area contributed by atoms with Crippen molar-refractivity contribution in [2.75, 3.05) is 0 Å². The summed E-state index contributed by atoms with van der Waals surface area (Å²) in [7, 11) is 0. The normalized spacial score (nSPS) is 18.7. The van der Waals surface area contributed by atoms with Crippen LogP contribution in [0.5, 0.6) is 0 Å². The summed E-state index contributed by atoms with van der Waals surface area (Å²) in [6.45, 7) is 11.4. The fraction of sp³-hybridized carbons (Fsp3) is 0.833. The van der Waals surface area contributed by atoms with Crippen LogP contribution in [-0.2, 0) is 11.0 Å². The fourth-order valence-corrected chi connectivity index (χ4v) is 3.90. The maximum Gasteiger partial charge on any atom is 0.113 e. The molecule has 1 aromatic rings. The Hall–Kier alpha value is -0.410. The predicted molar refractivity (Wildman–Crippen MR) is 93.1 cm³/mol. The molecule has 0 amide bonds. The third kappa shape index (κ3) is 4.79. The second kappa shape index (κ2) is 6.78. The molecule has 1 aliphatic carbocycles. The van der Waals surface area contributed by atoms with Crippen LogP contribution < -0.4 is 5.32 Å². The Morgan fingerprint density at radius 3 is 2.43 bits per heavy atom. The van der Waals surface area contributed by atoms with Crippen LogP contribution in [0, 0.1) is 0 Å². The Bertz CT molecular complexity index is 442. The van der Waals surface area contributed by atoms with E-state index in [1.165, 1.54) is 55.6 Å². The van der Waals surface area contributed by atoms with Gasteiger partial charge in [-0.3, -0.25) is 0 Å². The van der Waals surface area contributed by atoms with Crippen molar-refractivity contribution in [1.82, 2.24) is 10.3 Å². The smallest absolute Gasteiger partial charge is 0.113 e. The van der Waals surface area contributed by atoms with E-state index in [9.17, 15) is 0 Å². The minimum Gasteiger partial charge on any atom is -0.303 e. The summed E-state index contributed by atoms with van der Waals surface area (Å²) in [6, 6.07) is 0.725. The van der Waals surface area contributed by atoms with Crippen LogP contribution in [0.2, 0.25) is 0 Å². The summed E-state index contributed by atoms with van der Waals surface area (Å²) in [5.41, 5.74) is 1.46. The van der Waals surface area contributed by atoms with E-state index in [4.69, 9.17) is 4.98 Å². The van der Waals surface area contributed by atoms with Gasteiger partial charge in [0, 0.05) is 16.8 Å². The highest BCUT2D eigenvalue weighted by molar-refractivity contribution is 7.09. The molecule has 3 heteroatoms. The Morgan fingerprint density at radius 2 is 1.90 bits per heavy atom. The van der Waals surface area contributed by atoms with E-state index in [0.717, 1.165) is 6.04 Å². The second-order valence-corrected chi connectivity index (χ2v) is 8.71. The first-order chi connectivity index (χ1) is 9.85. The lowest BCUT2D eigenvalue weighted by molar-refractivity contribution is 0.320. The molecule has 1 atom stereocenters. The van der Waals surface area contributed by atoms with Crippen molar-refractivity contribution in [3.63, 3.8) is 0 Å². The van der Waals surface area contributed by atoms with E-state index in [2.05, 4.69) is 45.3 Å². The van der Waals surface area contributed by atoms with Crippen LogP contribution in [0.3, 0.4) is 0 Å². The van der Waals surface area contributed by atoms with E-state index < -0.39 is 0 Å². The van der Waals surface area contributed by atoms with Crippen LogP contribution in [0.1, 0.15) is 90.3 Å². The molecule has 2 rings (SSSR count). The van der Waals surface area contributed by atoms with Crippen molar-refractivity contribution < 1.29 is 0 Å². The number of hydrogen-bond acceptors (Lipinski definition) is 3. The van der Waals surface area contributed by atoms with E-state index >= 15 is 0 Å². The van der Waals surface area contributed by atoms with E-state index in [1.54, 1.807) is 0 Å². The standard InChI is InChI=1S/C18H32N2S/c1-6-7-8-9-12-18(5,20-14-10-11-14)16-19-15(13-21-16)17(2,3)4/h13-14,20H,6-12H2,1-5H3. The summed E-state index contributed by atoms with van der Waals surface area (Å²) >= 11 is 1.84. The van der Waals surface area contributed by atoms with Gasteiger partial charge in [0.25, 0.3) is 0 Å². The molecular weight excluding hydrogens is 276 g/mol. The van der Waals surface area contributed by atoms with E-state index in [-0.39, 0.29) is 11.0 Å². The molecule has 1 aromatic heterocycles. The first-order valence-corrected chi connectivity index (χ1v) is 9.47. The average Bonchev–Trinajstić information content (AvgIpc) is 3.05. The Morgan fingerprint density at radius 1 is 1.19 bits per heavy atom. The minimum atomic E-state index is 0.0725. The first-order valence-electron chi connectivity index (χ1n) is 8.59. The molecule has 0 aromatic carbocycles. The third-order valence-electron chi connectivity index (χ3n) is 4.38. The Labute approximate surface area is 134 Å². The third-order valence-corrected chi connectivity index (χ3v) is 5.48. The van der Waals surface area contributed by atoms with Gasteiger partial charge in [-0.25, -0.2) is 4.98 Å². The molecule has 120 valence electrons. The number of hydrogen-bond donors (Lipinski definition) is 1. The molecule has 2 nitrogen and oxygen atoms in total. The summed E-state index contributed by atoms with van der Waals surface area (Å²) in [5, 5.41) is 7.42. The van der Waals surface area contributed by atoms with Crippen LogP contribution >= 0.6 is 11.3 Å². The monoisotopic (exact) mass is 308 g/mol. The van der Waals surface area contributed by atoms with Crippen molar-refractivity contribution in [1.29, 1.82) is 0 Å². The van der Waals surface area contributed by atoms with Crippen molar-refractivity contribution >= 4 is 11.3 Å². The van der Waals surface area contributed by atoms with Crippen molar-refractivity contribution in [3.05, 3.63) is 16.1 Å². The Kier molecular flexibility index (Phi) is 5.48. The molecule has 0 radical (unpaired) electrons. The summed E-state index contributed by atoms with van der Waals surface area (Å²) in [6.07, 6.45) is 9.18. The van der Waals surface area contributed by atoms with Gasteiger partial charge in [-0.05, 0) is 26.2 Å². The number of nitrogens with zero attached hydrogens (tertiary/aromatic N) is 1. The highest BCUT2D eigenvalue weighted by atomic mass is 32.1. The van der Waals surface area contributed by atoms with E-state index in [1.807, 2.05) is 11.3 Å². The SMILES string of the molecule is CCCCCCC(C)(NC1CC1)c1nc(C(C)(C)C)cs1. The number of unbranched alkanes of at least 4 members (excludes halogenated alkanes) is 3. The van der Waals surface area contributed by atoms with Crippen LogP contribution in [0.25, 0.3) is 0 Å². The summed E-state index contributed by atoms with van der Waals surface area (Å²) in [4.78, 5) is 4.99. The number of thiazole rings is 1. The van der Waals surface area contributed by atoms with Crippen LogP contribution in [-0.4, -0.2) is 11.0 Å². The molecule has 1 heterocycles. The topological polar surface area (TPSA) is 24.9 Å². The average molecular weight is 309 g/mol. The predicted octanol–water partition coefficient (Wildman–Crippen LogP) is 5.38. The maximum absolute atomic E-state index is 4.99. The molecule has 0 spiro atoms. The van der Waals surface area contributed by atoms with Gasteiger partial charge in [-0.2, -0.15) is 0 Å². The molecule has 1 unspecified atom stereocenters. The number of nitrogens with one attached hydrogen (secondary N) is 1. The zero-order chi connectivity index (χ0) is 15.5. The van der Waals surface area contributed by atoms with E-state index in [0.29, 0.717) is 0 Å². The Balaban J connectivity index is 2.08. The molecule has 1 aliphatic rings. The van der Waals surface area contributed by atoms with Gasteiger partial charge < -0.3 is 5.32 Å². The van der Waals surface area contributed by atoms with Crippen molar-refractivity contribution in [2.45, 2.75) is 96.6 Å². The molecule has 0 aliphatic heterocycles. The summed E-state index contributed by atoms with van der Waals surface area (Å²) < 4.78 is 0. The van der Waals surface area contributed by atoms with Crippen molar-refractivity contribution in [2.24, 2.45) is 0 Å². The summed E-state index contributed by atoms with van der Waals surface area (Å²) in [5.74, 6) is 0. The highest BCUT2D eigenvalue weighted by Gasteiger charge is 2.36. The molecule has 0 bridgehead atoms. The van der Waals surface area contributed by atoms with Crippen LogP contribution in [0.4, 0.5) is 0 Å². The van der Waals surface area contributed by atoms with Crippen LogP contribution in [0.15, 0.2) is 5.38 Å². The second-order valence-electron chi connectivity index (χ2n) is 7.85. The maximum atomic E-state index is 4.99. The largest absolute Gasteiger partial charge is 0.303 e. The molecule has 0 saturated heterocycles. The molecule has 1 N–H and O–H groups in total. The lowest BCUT2D eigenvalue weighted by atomic mass is 9.92. The highest BCUT2D eigenvalue weighted by Crippen LogP contribution is 2.36. The van der Waals surface area contributed by atoms with Gasteiger partial charge in [-0.1, -0.05) is 53.4 Å². The lowest BCUT2D eigenvalue weighted by Gasteiger charge is -2.29. The van der Waals surface area contributed by atoms with Crippen molar-refractivity contribution in [3.8, 4) is 0 Å². The zero-order valence-corrected chi connectivity index (χ0v) is 15.3. The number of aromatic nitrogens is 1. The molecule has 1 fully saturated rings. The van der Waals surface area contributed by atoms with Gasteiger partial charge in [0.1, 0.15) is 5.01 Å². The van der Waals surface area contributed by atoms with Gasteiger partial charge >= 0.3 is 0 Å². The van der Waals surface area contributed by atoms with Gasteiger partial charge in [0.2, 0.25) is 0 Å². The number of rotatable bonds is 8. The lowest BCUT2D eigenvalue weighted by Crippen LogP contribution is -2.41. The van der Waals surface area contributed by atoms with Gasteiger partial charge in [0.05, 0.1) is 11.2 Å². The first kappa shape index (κ1) is 17.0. The molecule has 1 saturated carbocycles. The fourth-order valence-electron chi connectivity index (χ4n) is 2.70.